The lowest BCUT2D eigenvalue weighted by Gasteiger charge is -2.09. The summed E-state index contributed by atoms with van der Waals surface area (Å²) >= 11 is 1.63. The number of anilines is 3. The van der Waals surface area contributed by atoms with Gasteiger partial charge in [0, 0.05) is 25.5 Å². The molecule has 0 aliphatic rings. The monoisotopic (exact) mass is 383 g/mol. The van der Waals surface area contributed by atoms with Crippen molar-refractivity contribution in [3.63, 3.8) is 0 Å². The SMILES string of the molecule is CCC(C)c1nc(NCCOC)sc1-c1ccnc(Nc2ccccc2)n1. The van der Waals surface area contributed by atoms with E-state index >= 15 is 0 Å². The molecule has 3 rings (SSSR count). The largest absolute Gasteiger partial charge is 0.383 e. The van der Waals surface area contributed by atoms with Crippen LogP contribution in [-0.2, 0) is 4.74 Å². The number of hydrogen-bond donors (Lipinski definition) is 2. The first-order valence-corrected chi connectivity index (χ1v) is 9.92. The molecule has 3 aromatic rings. The summed E-state index contributed by atoms with van der Waals surface area (Å²) in [5.41, 5.74) is 2.92. The molecule has 0 bridgehead atoms. The minimum atomic E-state index is 0.356. The smallest absolute Gasteiger partial charge is 0.227 e. The predicted octanol–water partition coefficient (Wildman–Crippen LogP) is 4.92. The molecule has 1 unspecified atom stereocenters. The first-order chi connectivity index (χ1) is 13.2. The van der Waals surface area contributed by atoms with Gasteiger partial charge in [-0.25, -0.2) is 15.0 Å². The number of para-hydroxylation sites is 1. The van der Waals surface area contributed by atoms with Crippen LogP contribution in [0.3, 0.4) is 0 Å². The molecule has 2 N–H and O–H groups in total. The third-order valence-corrected chi connectivity index (χ3v) is 5.28. The summed E-state index contributed by atoms with van der Waals surface area (Å²) in [6.45, 7) is 5.75. The Morgan fingerprint density at radius 3 is 2.70 bits per heavy atom. The van der Waals surface area contributed by atoms with Crippen LogP contribution in [0.5, 0.6) is 0 Å². The molecule has 0 amide bonds. The van der Waals surface area contributed by atoms with Crippen molar-refractivity contribution in [3.8, 4) is 10.6 Å². The molecule has 2 aromatic heterocycles. The van der Waals surface area contributed by atoms with Gasteiger partial charge in [-0.2, -0.15) is 0 Å². The highest BCUT2D eigenvalue weighted by Crippen LogP contribution is 2.37. The highest BCUT2D eigenvalue weighted by Gasteiger charge is 2.19. The van der Waals surface area contributed by atoms with Crippen LogP contribution in [-0.4, -0.2) is 35.2 Å². The Kier molecular flexibility index (Phi) is 6.73. The van der Waals surface area contributed by atoms with Gasteiger partial charge < -0.3 is 15.4 Å². The molecular weight excluding hydrogens is 358 g/mol. The van der Waals surface area contributed by atoms with Crippen LogP contribution in [0.25, 0.3) is 10.6 Å². The van der Waals surface area contributed by atoms with Gasteiger partial charge in [-0.15, -0.1) is 0 Å². The summed E-state index contributed by atoms with van der Waals surface area (Å²) in [7, 11) is 1.70. The van der Waals surface area contributed by atoms with E-state index in [1.165, 1.54) is 0 Å². The molecule has 0 fully saturated rings. The fourth-order valence-corrected chi connectivity index (χ4v) is 3.66. The number of nitrogens with one attached hydrogen (secondary N) is 2. The number of rotatable bonds is 9. The maximum absolute atomic E-state index is 5.11. The van der Waals surface area contributed by atoms with E-state index in [9.17, 15) is 0 Å². The molecule has 142 valence electrons. The number of benzene rings is 1. The van der Waals surface area contributed by atoms with Gasteiger partial charge in [-0.1, -0.05) is 43.4 Å². The summed E-state index contributed by atoms with van der Waals surface area (Å²) in [6.07, 6.45) is 2.81. The average molecular weight is 384 g/mol. The quantitative estimate of drug-likeness (QED) is 0.511. The first-order valence-electron chi connectivity index (χ1n) is 9.10. The minimum absolute atomic E-state index is 0.356. The summed E-state index contributed by atoms with van der Waals surface area (Å²) in [5, 5.41) is 7.48. The summed E-state index contributed by atoms with van der Waals surface area (Å²) in [6, 6.07) is 11.9. The van der Waals surface area contributed by atoms with Gasteiger partial charge in [0.05, 0.1) is 22.9 Å². The third kappa shape index (κ3) is 5.02. The fraction of sp³-hybridized carbons (Fsp3) is 0.350. The minimum Gasteiger partial charge on any atom is -0.383 e. The van der Waals surface area contributed by atoms with Crippen LogP contribution in [0, 0.1) is 0 Å². The molecule has 0 aliphatic carbocycles. The van der Waals surface area contributed by atoms with Gasteiger partial charge in [0.25, 0.3) is 0 Å². The summed E-state index contributed by atoms with van der Waals surface area (Å²) in [4.78, 5) is 15.0. The maximum Gasteiger partial charge on any atom is 0.227 e. The number of thiazole rings is 1. The van der Waals surface area contributed by atoms with Crippen molar-refractivity contribution in [2.24, 2.45) is 0 Å². The number of methoxy groups -OCH3 is 1. The Hall–Kier alpha value is -2.51. The number of aromatic nitrogens is 3. The number of ether oxygens (including phenoxy) is 1. The molecule has 0 saturated heterocycles. The highest BCUT2D eigenvalue weighted by atomic mass is 32.1. The second-order valence-electron chi connectivity index (χ2n) is 6.22. The molecule has 0 aliphatic heterocycles. The molecule has 7 heteroatoms. The normalized spacial score (nSPS) is 12.0. The Balaban J connectivity index is 1.88. The molecule has 0 spiro atoms. The maximum atomic E-state index is 5.11. The second-order valence-corrected chi connectivity index (χ2v) is 7.22. The summed E-state index contributed by atoms with van der Waals surface area (Å²) < 4.78 is 5.11. The summed E-state index contributed by atoms with van der Waals surface area (Å²) in [5.74, 6) is 0.936. The van der Waals surface area contributed by atoms with Gasteiger partial charge in [0.1, 0.15) is 0 Å². The highest BCUT2D eigenvalue weighted by molar-refractivity contribution is 7.19. The third-order valence-electron chi connectivity index (χ3n) is 4.23. The van der Waals surface area contributed by atoms with Crippen molar-refractivity contribution in [1.29, 1.82) is 0 Å². The number of nitrogens with zero attached hydrogens (tertiary/aromatic N) is 3. The van der Waals surface area contributed by atoms with E-state index in [0.717, 1.165) is 40.0 Å². The van der Waals surface area contributed by atoms with E-state index in [1.54, 1.807) is 24.6 Å². The Labute approximate surface area is 164 Å². The first kappa shape index (κ1) is 19.3. The Bertz CT molecular complexity index is 853. The Morgan fingerprint density at radius 2 is 1.96 bits per heavy atom. The van der Waals surface area contributed by atoms with Crippen LogP contribution < -0.4 is 10.6 Å². The van der Waals surface area contributed by atoms with Crippen LogP contribution in [0.1, 0.15) is 31.9 Å². The van der Waals surface area contributed by atoms with Crippen molar-refractivity contribution < 1.29 is 4.74 Å². The molecule has 0 saturated carbocycles. The van der Waals surface area contributed by atoms with E-state index in [1.807, 2.05) is 36.4 Å². The van der Waals surface area contributed by atoms with Crippen molar-refractivity contribution in [1.82, 2.24) is 15.0 Å². The molecule has 27 heavy (non-hydrogen) atoms. The predicted molar refractivity (Wildman–Crippen MR) is 112 cm³/mol. The van der Waals surface area contributed by atoms with E-state index in [4.69, 9.17) is 14.7 Å². The van der Waals surface area contributed by atoms with E-state index < -0.39 is 0 Å². The topological polar surface area (TPSA) is 72.0 Å². The van der Waals surface area contributed by atoms with Gasteiger partial charge in [-0.05, 0) is 30.5 Å². The van der Waals surface area contributed by atoms with Gasteiger partial charge in [0.15, 0.2) is 5.13 Å². The molecule has 2 heterocycles. The van der Waals surface area contributed by atoms with E-state index in [-0.39, 0.29) is 0 Å². The van der Waals surface area contributed by atoms with Gasteiger partial charge in [-0.3, -0.25) is 0 Å². The number of hydrogen-bond acceptors (Lipinski definition) is 7. The van der Waals surface area contributed by atoms with Crippen molar-refractivity contribution >= 4 is 28.1 Å². The zero-order valence-corrected chi connectivity index (χ0v) is 16.7. The van der Waals surface area contributed by atoms with Crippen LogP contribution in [0.15, 0.2) is 42.6 Å². The molecule has 0 radical (unpaired) electrons. The van der Waals surface area contributed by atoms with Crippen LogP contribution in [0.2, 0.25) is 0 Å². The lowest BCUT2D eigenvalue weighted by atomic mass is 10.0. The van der Waals surface area contributed by atoms with E-state index in [0.29, 0.717) is 18.5 Å². The fourth-order valence-electron chi connectivity index (χ4n) is 2.57. The van der Waals surface area contributed by atoms with Crippen LogP contribution >= 0.6 is 11.3 Å². The van der Waals surface area contributed by atoms with Crippen molar-refractivity contribution in [2.75, 3.05) is 30.9 Å². The van der Waals surface area contributed by atoms with Gasteiger partial charge >= 0.3 is 0 Å². The standard InChI is InChI=1S/C20H25N5OS/c1-4-14(2)17-18(27-20(25-17)22-12-13-26-3)16-10-11-21-19(24-16)23-15-8-6-5-7-9-15/h5-11,14H,4,12-13H2,1-3H3,(H,22,25)(H,21,23,24). The Morgan fingerprint density at radius 1 is 1.15 bits per heavy atom. The average Bonchev–Trinajstić information content (AvgIpc) is 3.13. The van der Waals surface area contributed by atoms with Crippen molar-refractivity contribution in [3.05, 3.63) is 48.3 Å². The molecule has 6 nitrogen and oxygen atoms in total. The van der Waals surface area contributed by atoms with Crippen LogP contribution in [0.4, 0.5) is 16.8 Å². The molecule has 1 aromatic carbocycles. The van der Waals surface area contributed by atoms with E-state index in [2.05, 4.69) is 29.5 Å². The van der Waals surface area contributed by atoms with Gasteiger partial charge in [0.2, 0.25) is 5.95 Å². The molecule has 1 atom stereocenters. The lowest BCUT2D eigenvalue weighted by Crippen LogP contribution is -2.07. The molecular formula is C20H25N5OS. The second kappa shape index (κ2) is 9.43. The zero-order chi connectivity index (χ0) is 19.1. The lowest BCUT2D eigenvalue weighted by molar-refractivity contribution is 0.211. The zero-order valence-electron chi connectivity index (χ0n) is 15.9. The van der Waals surface area contributed by atoms with Crippen molar-refractivity contribution in [2.45, 2.75) is 26.2 Å².